The van der Waals surface area contributed by atoms with Crippen LogP contribution in [0.3, 0.4) is 0 Å². The van der Waals surface area contributed by atoms with E-state index in [9.17, 15) is 9.59 Å². The van der Waals surface area contributed by atoms with E-state index in [0.29, 0.717) is 0 Å². The molecule has 0 atom stereocenters. The van der Waals surface area contributed by atoms with Crippen molar-refractivity contribution in [1.82, 2.24) is 0 Å². The van der Waals surface area contributed by atoms with Crippen LogP contribution in [0, 0.1) is 0 Å². The predicted molar refractivity (Wildman–Crippen MR) is 199 cm³/mol. The fourth-order valence-electron chi connectivity index (χ4n) is 4.80. The highest BCUT2D eigenvalue weighted by Gasteiger charge is 2.16. The van der Waals surface area contributed by atoms with Gasteiger partial charge >= 0.3 is 0 Å². The summed E-state index contributed by atoms with van der Waals surface area (Å²) in [6.45, 7) is 0. The van der Waals surface area contributed by atoms with Crippen molar-refractivity contribution < 1.29 is 9.59 Å². The summed E-state index contributed by atoms with van der Waals surface area (Å²) < 4.78 is 0. The molecule has 0 bridgehead atoms. The second-order valence-electron chi connectivity index (χ2n) is 10.2. The van der Waals surface area contributed by atoms with Gasteiger partial charge in [-0.3, -0.25) is 9.59 Å². The highest BCUT2D eigenvalue weighted by molar-refractivity contribution is 7.80. The van der Waals surface area contributed by atoms with E-state index in [1.165, 1.54) is 56.1 Å². The monoisotopic (exact) mass is 632 g/mol. The number of rotatable bonds is 6. The zero-order valence-electron chi connectivity index (χ0n) is 25.3. The number of hydrogen-bond donors (Lipinski definition) is 0. The summed E-state index contributed by atoms with van der Waals surface area (Å²) >= 11 is 0. The maximum Gasteiger partial charge on any atom is 0.178 e. The Labute approximate surface area is 274 Å². The lowest BCUT2D eigenvalue weighted by Gasteiger charge is -2.18. The summed E-state index contributed by atoms with van der Waals surface area (Å²) in [5.41, 5.74) is 0. The molecule has 0 heterocycles. The molecule has 7 rings (SSSR count). The molecule has 4 heteroatoms. The second kappa shape index (κ2) is 17.5. The first-order valence-electron chi connectivity index (χ1n) is 15.0. The highest BCUT2D eigenvalue weighted by Crippen LogP contribution is 2.33. The third kappa shape index (κ3) is 9.50. The Balaban J connectivity index is 0.000000147. The number of benzene rings is 6. The second-order valence-corrected chi connectivity index (χ2v) is 14.6. The third-order valence-corrected chi connectivity index (χ3v) is 11.8. The van der Waals surface area contributed by atoms with Crippen LogP contribution in [0.1, 0.15) is 0 Å². The molecule has 1 aliphatic carbocycles. The normalized spacial score (nSPS) is 11.8. The highest BCUT2D eigenvalue weighted by atomic mass is 31.1. The summed E-state index contributed by atoms with van der Waals surface area (Å²) in [6.07, 6.45) is 5.01. The van der Waals surface area contributed by atoms with Crippen LogP contribution in [-0.4, -0.2) is 11.6 Å². The number of carbonyl (C=O) groups is 2. The summed E-state index contributed by atoms with van der Waals surface area (Å²) in [4.78, 5) is 20.6. The first-order valence-corrected chi connectivity index (χ1v) is 17.7. The lowest BCUT2D eigenvalue weighted by atomic mass is 10.2. The van der Waals surface area contributed by atoms with E-state index in [-0.39, 0.29) is 11.6 Å². The molecule has 0 amide bonds. The van der Waals surface area contributed by atoms with Crippen LogP contribution in [-0.2, 0) is 9.59 Å². The van der Waals surface area contributed by atoms with Gasteiger partial charge in [-0.1, -0.05) is 182 Å². The summed E-state index contributed by atoms with van der Waals surface area (Å²) in [5, 5.41) is 8.39. The Morgan fingerprint density at radius 1 is 0.239 bits per heavy atom. The quantitative estimate of drug-likeness (QED) is 0.145. The molecule has 0 aromatic heterocycles. The Bertz CT molecular complexity index is 1500. The SMILES string of the molecule is O=C1C=CC(=O)C=C1.c1ccc(P(c2ccccc2)c2ccccc2)cc1.c1ccc(P(c2ccccc2)c2ccccc2)cc1. The van der Waals surface area contributed by atoms with Crippen LogP contribution >= 0.6 is 15.8 Å². The molecule has 0 spiro atoms. The van der Waals surface area contributed by atoms with Gasteiger partial charge < -0.3 is 0 Å². The molecular weight excluding hydrogens is 598 g/mol. The summed E-state index contributed by atoms with van der Waals surface area (Å²) in [5.74, 6) is -0.241. The van der Waals surface area contributed by atoms with Crippen LogP contribution in [0.2, 0.25) is 0 Å². The molecule has 2 nitrogen and oxygen atoms in total. The molecule has 0 N–H and O–H groups in total. The summed E-state index contributed by atoms with van der Waals surface area (Å²) in [7, 11) is -0.892. The molecule has 0 fully saturated rings. The third-order valence-electron chi connectivity index (χ3n) is 6.91. The molecule has 46 heavy (non-hydrogen) atoms. The first-order chi connectivity index (χ1) is 22.7. The molecule has 0 aliphatic heterocycles. The van der Waals surface area contributed by atoms with E-state index in [4.69, 9.17) is 0 Å². The van der Waals surface area contributed by atoms with Gasteiger partial charge in [0.15, 0.2) is 11.6 Å². The van der Waals surface area contributed by atoms with Gasteiger partial charge in [0.1, 0.15) is 0 Å². The van der Waals surface area contributed by atoms with Gasteiger partial charge in [0.2, 0.25) is 0 Å². The Morgan fingerprint density at radius 2 is 0.391 bits per heavy atom. The zero-order valence-corrected chi connectivity index (χ0v) is 27.1. The fraction of sp³-hybridized carbons (Fsp3) is 0. The zero-order chi connectivity index (χ0) is 31.8. The Kier molecular flexibility index (Phi) is 12.3. The van der Waals surface area contributed by atoms with E-state index in [1.807, 2.05) is 0 Å². The lowest BCUT2D eigenvalue weighted by Crippen LogP contribution is -2.20. The van der Waals surface area contributed by atoms with Gasteiger partial charge in [-0.05, 0) is 72.0 Å². The minimum absolute atomic E-state index is 0.121. The average molecular weight is 633 g/mol. The molecule has 6 aromatic rings. The molecule has 0 unspecified atom stereocenters. The van der Waals surface area contributed by atoms with Gasteiger partial charge in [0, 0.05) is 0 Å². The Hall–Kier alpha value is -5.00. The maximum atomic E-state index is 10.3. The summed E-state index contributed by atoms with van der Waals surface area (Å²) in [6, 6.07) is 64.7. The van der Waals surface area contributed by atoms with Crippen molar-refractivity contribution in [3.05, 3.63) is 206 Å². The Morgan fingerprint density at radius 3 is 0.543 bits per heavy atom. The average Bonchev–Trinajstić information content (AvgIpc) is 3.13. The van der Waals surface area contributed by atoms with Crippen LogP contribution < -0.4 is 31.8 Å². The van der Waals surface area contributed by atoms with Crippen molar-refractivity contribution in [1.29, 1.82) is 0 Å². The number of hydrogen-bond acceptors (Lipinski definition) is 2. The van der Waals surface area contributed by atoms with Crippen molar-refractivity contribution in [3.63, 3.8) is 0 Å². The van der Waals surface area contributed by atoms with E-state index in [0.717, 1.165) is 0 Å². The van der Waals surface area contributed by atoms with Gasteiger partial charge in [0.05, 0.1) is 0 Å². The first kappa shape index (κ1) is 32.4. The minimum Gasteiger partial charge on any atom is -0.290 e. The molecule has 0 saturated carbocycles. The van der Waals surface area contributed by atoms with Gasteiger partial charge in [0.25, 0.3) is 0 Å². The van der Waals surface area contributed by atoms with E-state index in [1.54, 1.807) is 0 Å². The molecule has 1 aliphatic rings. The number of ketones is 2. The lowest BCUT2D eigenvalue weighted by molar-refractivity contribution is -0.113. The van der Waals surface area contributed by atoms with Crippen LogP contribution in [0.15, 0.2) is 206 Å². The van der Waals surface area contributed by atoms with Crippen LogP contribution in [0.25, 0.3) is 0 Å². The van der Waals surface area contributed by atoms with E-state index >= 15 is 0 Å². The van der Waals surface area contributed by atoms with Crippen molar-refractivity contribution >= 4 is 59.2 Å². The molecule has 0 radical (unpaired) electrons. The van der Waals surface area contributed by atoms with Crippen LogP contribution in [0.5, 0.6) is 0 Å². The van der Waals surface area contributed by atoms with Crippen molar-refractivity contribution in [2.75, 3.05) is 0 Å². The maximum absolute atomic E-state index is 10.3. The molecule has 0 saturated heterocycles. The van der Waals surface area contributed by atoms with Gasteiger partial charge in [-0.25, -0.2) is 0 Å². The number of allylic oxidation sites excluding steroid dienone is 4. The predicted octanol–water partition coefficient (Wildman–Crippen LogP) is 7.14. The van der Waals surface area contributed by atoms with Gasteiger partial charge in [-0.15, -0.1) is 0 Å². The van der Waals surface area contributed by atoms with E-state index < -0.39 is 15.8 Å². The standard InChI is InChI=1S/2C18H15P.C6H4O2/c2*1-4-10-16(11-5-1)19(17-12-6-2-7-13-17)18-14-8-3-9-15-18;7-5-1-2-6(8)4-3-5/h2*1-15H;1-4H. The smallest absolute Gasteiger partial charge is 0.178 e. The van der Waals surface area contributed by atoms with Crippen molar-refractivity contribution in [2.45, 2.75) is 0 Å². The minimum atomic E-state index is -0.446. The number of carbonyl (C=O) groups excluding carboxylic acids is 2. The largest absolute Gasteiger partial charge is 0.290 e. The van der Waals surface area contributed by atoms with E-state index in [2.05, 4.69) is 182 Å². The molecular formula is C42H34O2P2. The van der Waals surface area contributed by atoms with Crippen molar-refractivity contribution in [3.8, 4) is 0 Å². The molecule has 224 valence electrons. The van der Waals surface area contributed by atoms with Crippen molar-refractivity contribution in [2.24, 2.45) is 0 Å². The van der Waals surface area contributed by atoms with Gasteiger partial charge in [-0.2, -0.15) is 0 Å². The molecule has 6 aromatic carbocycles. The fourth-order valence-corrected chi connectivity index (χ4v) is 9.41. The topological polar surface area (TPSA) is 34.1 Å². The van der Waals surface area contributed by atoms with Crippen LogP contribution in [0.4, 0.5) is 0 Å².